The van der Waals surface area contributed by atoms with Crippen LogP contribution in [0.4, 0.5) is 5.82 Å². The Kier molecular flexibility index (Phi) is 7.90. The van der Waals surface area contributed by atoms with Crippen molar-refractivity contribution in [1.82, 2.24) is 15.6 Å². The van der Waals surface area contributed by atoms with Crippen LogP contribution >= 0.6 is 0 Å². The number of hydrogen-bond donors (Lipinski definition) is 2. The molecule has 3 rings (SSSR count). The van der Waals surface area contributed by atoms with Crippen molar-refractivity contribution in [3.05, 3.63) is 53.2 Å². The first-order chi connectivity index (χ1) is 14.5. The number of benzene rings is 1. The van der Waals surface area contributed by atoms with Gasteiger partial charge in [-0.2, -0.15) is 0 Å². The van der Waals surface area contributed by atoms with Crippen molar-refractivity contribution in [3.8, 4) is 5.75 Å². The summed E-state index contributed by atoms with van der Waals surface area (Å²) in [5, 5.41) is 6.75. The molecule has 162 valence electrons. The Balaban J connectivity index is 1.55. The molecule has 2 aromatic rings. The lowest BCUT2D eigenvalue weighted by atomic mass is 10.1. The quantitative estimate of drug-likeness (QED) is 0.514. The van der Waals surface area contributed by atoms with Crippen molar-refractivity contribution < 1.29 is 9.47 Å². The molecule has 7 nitrogen and oxygen atoms in total. The number of nitrogens with one attached hydrogen (secondary N) is 2. The van der Waals surface area contributed by atoms with Gasteiger partial charge in [0.2, 0.25) is 0 Å². The smallest absolute Gasteiger partial charge is 0.191 e. The van der Waals surface area contributed by atoms with E-state index in [2.05, 4.69) is 51.8 Å². The summed E-state index contributed by atoms with van der Waals surface area (Å²) in [7, 11) is 5.75. The highest BCUT2D eigenvalue weighted by molar-refractivity contribution is 5.79. The normalized spacial score (nSPS) is 16.4. The van der Waals surface area contributed by atoms with Crippen molar-refractivity contribution >= 4 is 11.8 Å². The van der Waals surface area contributed by atoms with Gasteiger partial charge in [-0.1, -0.05) is 12.1 Å². The maximum absolute atomic E-state index is 6.14. The van der Waals surface area contributed by atoms with Gasteiger partial charge >= 0.3 is 0 Å². The second-order valence-electron chi connectivity index (χ2n) is 7.85. The maximum atomic E-state index is 6.14. The Morgan fingerprint density at radius 2 is 2.07 bits per heavy atom. The van der Waals surface area contributed by atoms with Crippen molar-refractivity contribution in [2.45, 2.75) is 26.4 Å². The molecule has 0 bridgehead atoms. The van der Waals surface area contributed by atoms with E-state index in [9.17, 15) is 0 Å². The summed E-state index contributed by atoms with van der Waals surface area (Å²) in [6.45, 7) is 5.71. The summed E-state index contributed by atoms with van der Waals surface area (Å²) >= 11 is 0. The van der Waals surface area contributed by atoms with Crippen LogP contribution in [-0.2, 0) is 17.8 Å². The molecule has 30 heavy (non-hydrogen) atoms. The number of hydrogen-bond acceptors (Lipinski definition) is 5. The van der Waals surface area contributed by atoms with Gasteiger partial charge in [0.15, 0.2) is 5.96 Å². The summed E-state index contributed by atoms with van der Waals surface area (Å²) in [6.07, 6.45) is 2.90. The minimum absolute atomic E-state index is 0.480. The largest absolute Gasteiger partial charge is 0.493 e. The highest BCUT2D eigenvalue weighted by Gasteiger charge is 2.17. The maximum Gasteiger partial charge on any atom is 0.191 e. The third-order valence-electron chi connectivity index (χ3n) is 5.12. The van der Waals surface area contributed by atoms with Crippen molar-refractivity contribution in [3.63, 3.8) is 0 Å². The zero-order valence-electron chi connectivity index (χ0n) is 18.4. The lowest BCUT2D eigenvalue weighted by Gasteiger charge is -2.17. The van der Waals surface area contributed by atoms with Gasteiger partial charge in [0.1, 0.15) is 11.6 Å². The number of nitrogens with zero attached hydrogens (tertiary/aromatic N) is 3. The number of aryl methyl sites for hydroxylation is 1. The van der Waals surface area contributed by atoms with E-state index in [0.29, 0.717) is 25.6 Å². The van der Waals surface area contributed by atoms with Crippen molar-refractivity contribution in [2.24, 2.45) is 10.9 Å². The van der Waals surface area contributed by atoms with E-state index in [0.717, 1.165) is 48.3 Å². The second-order valence-corrected chi connectivity index (χ2v) is 7.85. The van der Waals surface area contributed by atoms with Crippen LogP contribution in [0.25, 0.3) is 0 Å². The van der Waals surface area contributed by atoms with Crippen LogP contribution in [0.3, 0.4) is 0 Å². The van der Waals surface area contributed by atoms with E-state index in [1.807, 2.05) is 31.3 Å². The molecule has 2 heterocycles. The first kappa shape index (κ1) is 21.9. The first-order valence-electron chi connectivity index (χ1n) is 10.4. The minimum atomic E-state index is 0.480. The van der Waals surface area contributed by atoms with E-state index in [1.165, 1.54) is 5.56 Å². The summed E-state index contributed by atoms with van der Waals surface area (Å²) < 4.78 is 11.6. The number of aliphatic imine (C=N–C) groups is 1. The van der Waals surface area contributed by atoms with Gasteiger partial charge < -0.3 is 25.0 Å². The zero-order chi connectivity index (χ0) is 21.3. The molecule has 1 saturated heterocycles. The number of aromatic nitrogens is 1. The summed E-state index contributed by atoms with van der Waals surface area (Å²) in [6, 6.07) is 10.4. The molecule has 0 aliphatic carbocycles. The van der Waals surface area contributed by atoms with Crippen LogP contribution in [0.15, 0.2) is 41.5 Å². The third-order valence-corrected chi connectivity index (χ3v) is 5.12. The lowest BCUT2D eigenvalue weighted by molar-refractivity contribution is 0.166. The average Bonchev–Trinajstić information content (AvgIpc) is 3.27. The van der Waals surface area contributed by atoms with E-state index in [-0.39, 0.29) is 0 Å². The highest BCUT2D eigenvalue weighted by atomic mass is 16.5. The fourth-order valence-electron chi connectivity index (χ4n) is 3.27. The molecule has 1 aromatic heterocycles. The summed E-state index contributed by atoms with van der Waals surface area (Å²) in [4.78, 5) is 10.7. The molecule has 7 heteroatoms. The van der Waals surface area contributed by atoms with Crippen molar-refractivity contribution in [1.29, 1.82) is 0 Å². The molecular formula is C23H33N5O2. The first-order valence-corrected chi connectivity index (χ1v) is 10.4. The van der Waals surface area contributed by atoms with E-state index >= 15 is 0 Å². The average molecular weight is 412 g/mol. The van der Waals surface area contributed by atoms with Gasteiger partial charge in [0, 0.05) is 58.5 Å². The van der Waals surface area contributed by atoms with Crippen LogP contribution in [-0.4, -0.2) is 51.9 Å². The Morgan fingerprint density at radius 1 is 1.23 bits per heavy atom. The lowest BCUT2D eigenvalue weighted by Crippen LogP contribution is -2.36. The molecular weight excluding hydrogens is 378 g/mol. The van der Waals surface area contributed by atoms with Gasteiger partial charge in [-0.05, 0) is 42.7 Å². The number of guanidine groups is 1. The Morgan fingerprint density at radius 3 is 2.80 bits per heavy atom. The van der Waals surface area contributed by atoms with Gasteiger partial charge in [-0.15, -0.1) is 0 Å². The van der Waals surface area contributed by atoms with Gasteiger partial charge in [-0.25, -0.2) is 4.98 Å². The SMILES string of the molecule is CN=C(NCc1ccnc(N(C)C)c1)NCc1ccc(C)cc1OCC1CCOC1. The summed E-state index contributed by atoms with van der Waals surface area (Å²) in [5.41, 5.74) is 3.45. The topological polar surface area (TPSA) is 71.0 Å². The second kappa shape index (κ2) is 10.8. The standard InChI is InChI=1S/C23H33N5O2/c1-17-5-6-20(21(11-17)30-16-19-8-10-29-15-19)14-27-23(24-2)26-13-18-7-9-25-22(12-18)28(3)4/h5-7,9,11-12,19H,8,10,13-16H2,1-4H3,(H2,24,26,27). The number of ether oxygens (including phenoxy) is 2. The Labute approximate surface area is 179 Å². The molecule has 0 amide bonds. The van der Waals surface area contributed by atoms with Crippen LogP contribution in [0.5, 0.6) is 5.75 Å². The monoisotopic (exact) mass is 411 g/mol. The van der Waals surface area contributed by atoms with E-state index in [4.69, 9.17) is 9.47 Å². The number of pyridine rings is 1. The predicted molar refractivity (Wildman–Crippen MR) is 121 cm³/mol. The Hall–Kier alpha value is -2.80. The molecule has 1 fully saturated rings. The fraction of sp³-hybridized carbons (Fsp3) is 0.478. The predicted octanol–water partition coefficient (Wildman–Crippen LogP) is 2.74. The van der Waals surface area contributed by atoms with E-state index in [1.54, 1.807) is 7.05 Å². The molecule has 0 radical (unpaired) electrons. The molecule has 0 spiro atoms. The van der Waals surface area contributed by atoms with Gasteiger partial charge in [0.25, 0.3) is 0 Å². The van der Waals surface area contributed by atoms with E-state index < -0.39 is 0 Å². The van der Waals surface area contributed by atoms with Crippen LogP contribution in [0.1, 0.15) is 23.1 Å². The number of rotatable bonds is 8. The molecule has 1 aromatic carbocycles. The highest BCUT2D eigenvalue weighted by Crippen LogP contribution is 2.22. The molecule has 2 N–H and O–H groups in total. The molecule has 1 aliphatic heterocycles. The zero-order valence-corrected chi connectivity index (χ0v) is 18.4. The minimum Gasteiger partial charge on any atom is -0.493 e. The molecule has 1 aliphatic rings. The van der Waals surface area contributed by atoms with Crippen LogP contribution in [0, 0.1) is 12.8 Å². The van der Waals surface area contributed by atoms with Gasteiger partial charge in [-0.3, -0.25) is 4.99 Å². The van der Waals surface area contributed by atoms with Crippen LogP contribution in [0.2, 0.25) is 0 Å². The number of anilines is 1. The van der Waals surface area contributed by atoms with Crippen LogP contribution < -0.4 is 20.3 Å². The molecule has 1 unspecified atom stereocenters. The summed E-state index contributed by atoms with van der Waals surface area (Å²) in [5.74, 6) is 3.09. The Bertz CT molecular complexity index is 847. The fourth-order valence-corrected chi connectivity index (χ4v) is 3.27. The third kappa shape index (κ3) is 6.35. The molecule has 1 atom stereocenters. The van der Waals surface area contributed by atoms with Gasteiger partial charge in [0.05, 0.1) is 13.2 Å². The molecule has 0 saturated carbocycles. The van der Waals surface area contributed by atoms with Crippen molar-refractivity contribution in [2.75, 3.05) is 45.9 Å².